The zero-order valence-electron chi connectivity index (χ0n) is 7.70. The van der Waals surface area contributed by atoms with Gasteiger partial charge in [-0.3, -0.25) is 0 Å². The summed E-state index contributed by atoms with van der Waals surface area (Å²) >= 11 is 0. The third-order valence-electron chi connectivity index (χ3n) is 2.98. The summed E-state index contributed by atoms with van der Waals surface area (Å²) in [5.41, 5.74) is 1.78. The number of carbonyl (C=O) groups excluding carboxylic acids is 1. The largest absolute Gasteiger partial charge is 0.303 e. The van der Waals surface area contributed by atoms with Gasteiger partial charge in [-0.1, -0.05) is 30.3 Å². The zero-order valence-corrected chi connectivity index (χ0v) is 7.70. The maximum Gasteiger partial charge on any atom is 0.120 e. The highest BCUT2D eigenvalue weighted by Gasteiger charge is 2.42. The Morgan fingerprint density at radius 3 is 2.46 bits per heavy atom. The molecule has 0 saturated heterocycles. The van der Waals surface area contributed by atoms with E-state index < -0.39 is 0 Å². The molecule has 1 aliphatic carbocycles. The molecule has 0 N–H and O–H groups in total. The van der Waals surface area contributed by atoms with Gasteiger partial charge in [0.25, 0.3) is 0 Å². The Hall–Kier alpha value is -1.11. The first-order valence-electron chi connectivity index (χ1n) is 4.87. The van der Waals surface area contributed by atoms with E-state index in [0.717, 1.165) is 12.7 Å². The molecule has 0 amide bonds. The van der Waals surface area contributed by atoms with Crippen LogP contribution in [0.5, 0.6) is 0 Å². The standard InChI is InChI=1S/C12H14O/c13-10-4-7-12(8-9-12)11-5-2-1-3-6-11/h1-3,5-6,10H,4,7-9H2. The second-order valence-electron chi connectivity index (χ2n) is 3.85. The van der Waals surface area contributed by atoms with Crippen LogP contribution in [0.4, 0.5) is 0 Å². The predicted molar refractivity (Wildman–Crippen MR) is 52.7 cm³/mol. The molecule has 1 nitrogen and oxygen atoms in total. The van der Waals surface area contributed by atoms with Crippen molar-refractivity contribution in [2.45, 2.75) is 31.1 Å². The van der Waals surface area contributed by atoms with Crippen LogP contribution < -0.4 is 0 Å². The van der Waals surface area contributed by atoms with Crippen LogP contribution in [0.3, 0.4) is 0 Å². The molecule has 2 rings (SSSR count). The van der Waals surface area contributed by atoms with Crippen molar-refractivity contribution in [3.05, 3.63) is 35.9 Å². The molecule has 1 aromatic rings. The van der Waals surface area contributed by atoms with Gasteiger partial charge >= 0.3 is 0 Å². The molecular formula is C12H14O. The van der Waals surface area contributed by atoms with E-state index in [1.54, 1.807) is 0 Å². The molecule has 0 spiro atoms. The highest BCUT2D eigenvalue weighted by Crippen LogP contribution is 2.51. The van der Waals surface area contributed by atoms with Crippen molar-refractivity contribution >= 4 is 6.29 Å². The van der Waals surface area contributed by atoms with Crippen LogP contribution in [0.1, 0.15) is 31.2 Å². The summed E-state index contributed by atoms with van der Waals surface area (Å²) in [5, 5.41) is 0. The molecule has 1 heteroatoms. The van der Waals surface area contributed by atoms with Gasteiger partial charge in [0.1, 0.15) is 6.29 Å². The van der Waals surface area contributed by atoms with Gasteiger partial charge in [-0.15, -0.1) is 0 Å². The van der Waals surface area contributed by atoms with E-state index >= 15 is 0 Å². The van der Waals surface area contributed by atoms with Crippen molar-refractivity contribution in [1.29, 1.82) is 0 Å². The monoisotopic (exact) mass is 174 g/mol. The Labute approximate surface area is 78.8 Å². The van der Waals surface area contributed by atoms with Crippen LogP contribution in [0.2, 0.25) is 0 Å². The maximum absolute atomic E-state index is 10.3. The number of rotatable bonds is 4. The Kier molecular flexibility index (Phi) is 2.17. The lowest BCUT2D eigenvalue weighted by molar-refractivity contribution is -0.108. The summed E-state index contributed by atoms with van der Waals surface area (Å²) in [4.78, 5) is 10.3. The van der Waals surface area contributed by atoms with Crippen molar-refractivity contribution in [2.75, 3.05) is 0 Å². The topological polar surface area (TPSA) is 17.1 Å². The van der Waals surface area contributed by atoms with Gasteiger partial charge in [-0.05, 0) is 30.2 Å². The molecule has 0 bridgehead atoms. The molecule has 0 unspecified atom stereocenters. The number of aldehydes is 1. The van der Waals surface area contributed by atoms with Gasteiger partial charge in [0.15, 0.2) is 0 Å². The first-order chi connectivity index (χ1) is 6.37. The van der Waals surface area contributed by atoms with Crippen molar-refractivity contribution in [3.63, 3.8) is 0 Å². The highest BCUT2D eigenvalue weighted by molar-refractivity contribution is 5.50. The summed E-state index contributed by atoms with van der Waals surface area (Å²) in [6.45, 7) is 0. The summed E-state index contributed by atoms with van der Waals surface area (Å²) < 4.78 is 0. The molecule has 68 valence electrons. The van der Waals surface area contributed by atoms with E-state index in [9.17, 15) is 4.79 Å². The number of hydrogen-bond acceptors (Lipinski definition) is 1. The van der Waals surface area contributed by atoms with E-state index in [1.807, 2.05) is 6.07 Å². The second-order valence-corrected chi connectivity index (χ2v) is 3.85. The Bertz CT molecular complexity index is 285. The lowest BCUT2D eigenvalue weighted by Crippen LogP contribution is -2.05. The van der Waals surface area contributed by atoms with Gasteiger partial charge in [0, 0.05) is 6.42 Å². The summed E-state index contributed by atoms with van der Waals surface area (Å²) in [6, 6.07) is 10.6. The van der Waals surface area contributed by atoms with E-state index in [2.05, 4.69) is 24.3 Å². The molecule has 0 radical (unpaired) electrons. The highest BCUT2D eigenvalue weighted by atomic mass is 16.1. The maximum atomic E-state index is 10.3. The molecule has 0 atom stereocenters. The van der Waals surface area contributed by atoms with Crippen LogP contribution in [0.15, 0.2) is 30.3 Å². The average Bonchev–Trinajstić information content (AvgIpc) is 2.97. The van der Waals surface area contributed by atoms with Gasteiger partial charge < -0.3 is 4.79 Å². The second kappa shape index (κ2) is 3.33. The predicted octanol–water partition coefficient (Wildman–Crippen LogP) is 2.70. The van der Waals surface area contributed by atoms with Crippen molar-refractivity contribution in [1.82, 2.24) is 0 Å². The minimum Gasteiger partial charge on any atom is -0.303 e. The molecule has 13 heavy (non-hydrogen) atoms. The van der Waals surface area contributed by atoms with Gasteiger partial charge in [-0.25, -0.2) is 0 Å². The first-order valence-corrected chi connectivity index (χ1v) is 4.87. The fourth-order valence-electron chi connectivity index (χ4n) is 1.96. The lowest BCUT2D eigenvalue weighted by Gasteiger charge is -2.13. The molecule has 0 heterocycles. The SMILES string of the molecule is O=CCCC1(c2ccccc2)CC1. The van der Waals surface area contributed by atoms with Crippen LogP contribution in [0, 0.1) is 0 Å². The summed E-state index contributed by atoms with van der Waals surface area (Å²) in [6.07, 6.45) is 5.27. The van der Waals surface area contributed by atoms with E-state index in [1.165, 1.54) is 18.4 Å². The molecule has 0 aliphatic heterocycles. The van der Waals surface area contributed by atoms with Crippen molar-refractivity contribution in [2.24, 2.45) is 0 Å². The molecular weight excluding hydrogens is 160 g/mol. The van der Waals surface area contributed by atoms with Crippen LogP contribution in [0.25, 0.3) is 0 Å². The minimum atomic E-state index is 0.363. The smallest absolute Gasteiger partial charge is 0.120 e. The molecule has 1 aliphatic rings. The van der Waals surface area contributed by atoms with Gasteiger partial charge in [0.05, 0.1) is 0 Å². The summed E-state index contributed by atoms with van der Waals surface area (Å²) in [5.74, 6) is 0. The quantitative estimate of drug-likeness (QED) is 0.641. The Morgan fingerprint density at radius 2 is 1.92 bits per heavy atom. The van der Waals surface area contributed by atoms with Crippen LogP contribution in [-0.2, 0) is 10.2 Å². The number of carbonyl (C=O) groups is 1. The number of benzene rings is 1. The van der Waals surface area contributed by atoms with Crippen LogP contribution >= 0.6 is 0 Å². The van der Waals surface area contributed by atoms with Gasteiger partial charge in [0.2, 0.25) is 0 Å². The van der Waals surface area contributed by atoms with E-state index in [0.29, 0.717) is 11.8 Å². The third kappa shape index (κ3) is 1.64. The van der Waals surface area contributed by atoms with Gasteiger partial charge in [-0.2, -0.15) is 0 Å². The normalized spacial score (nSPS) is 18.2. The Morgan fingerprint density at radius 1 is 1.23 bits per heavy atom. The molecule has 1 saturated carbocycles. The van der Waals surface area contributed by atoms with E-state index in [-0.39, 0.29) is 0 Å². The average molecular weight is 174 g/mol. The van der Waals surface area contributed by atoms with Crippen molar-refractivity contribution < 1.29 is 4.79 Å². The van der Waals surface area contributed by atoms with Crippen molar-refractivity contribution in [3.8, 4) is 0 Å². The third-order valence-corrected chi connectivity index (χ3v) is 2.98. The molecule has 1 fully saturated rings. The fourth-order valence-corrected chi connectivity index (χ4v) is 1.96. The first kappa shape index (κ1) is 8.49. The summed E-state index contributed by atoms with van der Waals surface area (Å²) in [7, 11) is 0. The molecule has 1 aromatic carbocycles. The molecule has 0 aromatic heterocycles. The zero-order chi connectivity index (χ0) is 9.15. The number of hydrogen-bond donors (Lipinski definition) is 0. The van der Waals surface area contributed by atoms with E-state index in [4.69, 9.17) is 0 Å². The van der Waals surface area contributed by atoms with Crippen LogP contribution in [-0.4, -0.2) is 6.29 Å². The lowest BCUT2D eigenvalue weighted by atomic mass is 9.91. The minimum absolute atomic E-state index is 0.363. The fraction of sp³-hybridized carbons (Fsp3) is 0.417. The Balaban J connectivity index is 2.11.